The highest BCUT2D eigenvalue weighted by Gasteiger charge is 2.39. The predicted octanol–water partition coefficient (Wildman–Crippen LogP) is 4.53. The van der Waals surface area contributed by atoms with Crippen molar-refractivity contribution in [2.24, 2.45) is 5.73 Å². The number of nitrogens with two attached hydrogens (primary N) is 1. The molecule has 1 saturated heterocycles. The SMILES string of the molecule is N=C(N)c1cc(-c2cccc(NC(=O)C3(Nc4ccc(Cl)cc4)CCNCC3)c2)cs1. The number of nitrogen functional groups attached to an aromatic ring is 1. The maximum atomic E-state index is 13.4. The van der Waals surface area contributed by atoms with Crippen LogP contribution in [0.25, 0.3) is 11.1 Å². The summed E-state index contributed by atoms with van der Waals surface area (Å²) in [5.74, 6) is -0.00215. The van der Waals surface area contributed by atoms with E-state index in [1.165, 1.54) is 11.3 Å². The second kappa shape index (κ2) is 9.09. The second-order valence-corrected chi connectivity index (χ2v) is 8.96. The molecule has 3 aromatic rings. The topological polar surface area (TPSA) is 103 Å². The van der Waals surface area contributed by atoms with E-state index >= 15 is 0 Å². The number of hydrogen-bond donors (Lipinski definition) is 5. The van der Waals surface area contributed by atoms with Gasteiger partial charge in [0.2, 0.25) is 5.91 Å². The van der Waals surface area contributed by atoms with Crippen LogP contribution in [0.3, 0.4) is 0 Å². The second-order valence-electron chi connectivity index (χ2n) is 7.61. The van der Waals surface area contributed by atoms with E-state index in [0.29, 0.717) is 17.9 Å². The molecule has 1 aliphatic heterocycles. The number of piperidine rings is 1. The molecule has 0 saturated carbocycles. The largest absolute Gasteiger partial charge is 0.383 e. The van der Waals surface area contributed by atoms with E-state index in [2.05, 4.69) is 16.0 Å². The Labute approximate surface area is 190 Å². The maximum absolute atomic E-state index is 13.4. The number of amidine groups is 1. The van der Waals surface area contributed by atoms with Gasteiger partial charge in [-0.25, -0.2) is 0 Å². The van der Waals surface area contributed by atoms with Gasteiger partial charge in [-0.1, -0.05) is 23.7 Å². The van der Waals surface area contributed by atoms with E-state index in [9.17, 15) is 4.79 Å². The molecule has 160 valence electrons. The molecule has 6 N–H and O–H groups in total. The molecule has 1 fully saturated rings. The molecule has 1 amide bonds. The first-order chi connectivity index (χ1) is 14.9. The van der Waals surface area contributed by atoms with E-state index in [1.807, 2.05) is 60.0 Å². The number of carbonyl (C=O) groups is 1. The summed E-state index contributed by atoms with van der Waals surface area (Å²) in [5, 5.41) is 20.1. The molecule has 1 aliphatic rings. The number of rotatable bonds is 6. The van der Waals surface area contributed by atoms with E-state index < -0.39 is 5.54 Å². The lowest BCUT2D eigenvalue weighted by Gasteiger charge is -2.37. The van der Waals surface area contributed by atoms with E-state index in [1.54, 1.807) is 0 Å². The highest BCUT2D eigenvalue weighted by molar-refractivity contribution is 7.12. The molecule has 6 nitrogen and oxygen atoms in total. The monoisotopic (exact) mass is 453 g/mol. The van der Waals surface area contributed by atoms with Crippen LogP contribution in [0.5, 0.6) is 0 Å². The smallest absolute Gasteiger partial charge is 0.250 e. The van der Waals surface area contributed by atoms with Crippen LogP contribution < -0.4 is 21.7 Å². The van der Waals surface area contributed by atoms with Gasteiger partial charge in [-0.2, -0.15) is 0 Å². The van der Waals surface area contributed by atoms with E-state index in [-0.39, 0.29) is 11.7 Å². The summed E-state index contributed by atoms with van der Waals surface area (Å²) in [6.45, 7) is 1.52. The van der Waals surface area contributed by atoms with Gasteiger partial charge in [-0.3, -0.25) is 10.2 Å². The quantitative estimate of drug-likeness (QED) is 0.279. The molecule has 0 aliphatic carbocycles. The normalized spacial score (nSPS) is 15.3. The fourth-order valence-corrected chi connectivity index (χ4v) is 4.63. The van der Waals surface area contributed by atoms with Crippen molar-refractivity contribution in [2.45, 2.75) is 18.4 Å². The zero-order valence-electron chi connectivity index (χ0n) is 16.9. The van der Waals surface area contributed by atoms with Gasteiger partial charge in [0, 0.05) is 16.4 Å². The molecule has 0 atom stereocenters. The number of carbonyl (C=O) groups excluding carboxylic acids is 1. The highest BCUT2D eigenvalue weighted by atomic mass is 35.5. The number of nitrogens with one attached hydrogen (secondary N) is 4. The summed E-state index contributed by atoms with van der Waals surface area (Å²) in [6, 6.07) is 17.0. The molecule has 2 heterocycles. The van der Waals surface area contributed by atoms with Crippen LogP contribution in [0.4, 0.5) is 11.4 Å². The molecule has 0 unspecified atom stereocenters. The number of amides is 1. The molecule has 2 aromatic carbocycles. The predicted molar refractivity (Wildman–Crippen MR) is 129 cm³/mol. The molecular formula is C23H24ClN5OS. The number of halogens is 1. The fourth-order valence-electron chi connectivity index (χ4n) is 3.73. The Kier molecular flexibility index (Phi) is 6.27. The molecule has 4 rings (SSSR count). The Bertz CT molecular complexity index is 1090. The first-order valence-electron chi connectivity index (χ1n) is 10.0. The van der Waals surface area contributed by atoms with Crippen LogP contribution in [0.2, 0.25) is 5.02 Å². The van der Waals surface area contributed by atoms with Crippen LogP contribution in [0.15, 0.2) is 60.0 Å². The summed E-state index contributed by atoms with van der Waals surface area (Å²) in [5.41, 5.74) is 8.41. The minimum atomic E-state index is -0.709. The molecule has 0 spiro atoms. The Hall–Kier alpha value is -2.87. The van der Waals surface area contributed by atoms with Crippen LogP contribution >= 0.6 is 22.9 Å². The van der Waals surface area contributed by atoms with Crippen molar-refractivity contribution in [3.63, 3.8) is 0 Å². The average Bonchev–Trinajstić information content (AvgIpc) is 3.27. The Balaban J connectivity index is 1.55. The summed E-state index contributed by atoms with van der Waals surface area (Å²) in [4.78, 5) is 14.2. The van der Waals surface area contributed by atoms with Crippen molar-refractivity contribution in [1.29, 1.82) is 5.41 Å². The van der Waals surface area contributed by atoms with Gasteiger partial charge in [0.15, 0.2) is 0 Å². The standard InChI is InChI=1S/C23H24ClN5OS/c24-17-4-6-18(7-5-17)29-23(8-10-27-11-9-23)22(30)28-19-3-1-2-15(12-19)16-13-20(21(25)26)31-14-16/h1-7,12-14,27,29H,8-11H2,(H3,25,26)(H,28,30). The van der Waals surface area contributed by atoms with Crippen LogP contribution in [0.1, 0.15) is 17.7 Å². The molecule has 31 heavy (non-hydrogen) atoms. The first kappa shape index (κ1) is 21.4. The van der Waals surface area contributed by atoms with E-state index in [0.717, 1.165) is 40.5 Å². The van der Waals surface area contributed by atoms with Crippen molar-refractivity contribution >= 4 is 46.1 Å². The number of thiophene rings is 1. The van der Waals surface area contributed by atoms with Gasteiger partial charge in [0.25, 0.3) is 0 Å². The summed E-state index contributed by atoms with van der Waals surface area (Å²) in [7, 11) is 0. The minimum absolute atomic E-state index is 0.0573. The number of hydrogen-bond acceptors (Lipinski definition) is 5. The summed E-state index contributed by atoms with van der Waals surface area (Å²) in [6.07, 6.45) is 1.35. The Morgan fingerprint density at radius 2 is 1.81 bits per heavy atom. The van der Waals surface area contributed by atoms with Gasteiger partial charge in [-0.05, 0) is 84.9 Å². The highest BCUT2D eigenvalue weighted by Crippen LogP contribution is 2.30. The lowest BCUT2D eigenvalue weighted by Crippen LogP contribution is -2.55. The molecule has 8 heteroatoms. The molecule has 0 radical (unpaired) electrons. The fraction of sp³-hybridized carbons (Fsp3) is 0.217. The van der Waals surface area contributed by atoms with Crippen LogP contribution in [-0.2, 0) is 4.79 Å². The van der Waals surface area contributed by atoms with Gasteiger partial charge in [-0.15, -0.1) is 11.3 Å². The first-order valence-corrected chi connectivity index (χ1v) is 11.3. The maximum Gasteiger partial charge on any atom is 0.250 e. The Morgan fingerprint density at radius 1 is 1.06 bits per heavy atom. The lowest BCUT2D eigenvalue weighted by molar-refractivity contribution is -0.121. The van der Waals surface area contributed by atoms with Crippen LogP contribution in [-0.4, -0.2) is 30.4 Å². The summed E-state index contributed by atoms with van der Waals surface area (Å²) < 4.78 is 0. The van der Waals surface area contributed by atoms with Crippen molar-refractivity contribution in [3.05, 3.63) is 69.9 Å². The third-order valence-corrected chi connectivity index (χ3v) is 6.65. The third-order valence-electron chi connectivity index (χ3n) is 5.44. The van der Waals surface area contributed by atoms with Crippen molar-refractivity contribution in [3.8, 4) is 11.1 Å². The van der Waals surface area contributed by atoms with Gasteiger partial charge in [0.05, 0.1) is 4.88 Å². The van der Waals surface area contributed by atoms with Crippen molar-refractivity contribution in [1.82, 2.24) is 5.32 Å². The number of benzene rings is 2. The minimum Gasteiger partial charge on any atom is -0.383 e. The zero-order chi connectivity index (χ0) is 21.8. The average molecular weight is 454 g/mol. The Morgan fingerprint density at radius 3 is 2.48 bits per heavy atom. The lowest BCUT2D eigenvalue weighted by atomic mass is 9.86. The van der Waals surface area contributed by atoms with Crippen LogP contribution in [0, 0.1) is 5.41 Å². The summed E-state index contributed by atoms with van der Waals surface area (Å²) >= 11 is 7.44. The van der Waals surface area contributed by atoms with Crippen molar-refractivity contribution < 1.29 is 4.79 Å². The molecule has 1 aromatic heterocycles. The number of anilines is 2. The van der Waals surface area contributed by atoms with Gasteiger partial charge >= 0.3 is 0 Å². The van der Waals surface area contributed by atoms with Crippen molar-refractivity contribution in [2.75, 3.05) is 23.7 Å². The van der Waals surface area contributed by atoms with Gasteiger partial charge in [0.1, 0.15) is 11.4 Å². The zero-order valence-corrected chi connectivity index (χ0v) is 18.4. The van der Waals surface area contributed by atoms with Gasteiger partial charge < -0.3 is 21.7 Å². The molecular weight excluding hydrogens is 430 g/mol. The third kappa shape index (κ3) is 4.90. The molecule has 0 bridgehead atoms. The van der Waals surface area contributed by atoms with E-state index in [4.69, 9.17) is 22.7 Å².